The fourth-order valence-electron chi connectivity index (χ4n) is 4.52. The van der Waals surface area contributed by atoms with E-state index in [2.05, 4.69) is 36.2 Å². The molecule has 1 heterocycles. The SMILES string of the molecule is CCCCCCCCCCCCc1ccccc1C(CCCC(=O)O)Sc1ncc(C(=O)OC)n1C. The number of esters is 1. The van der Waals surface area contributed by atoms with Gasteiger partial charge in [0.2, 0.25) is 0 Å². The van der Waals surface area contributed by atoms with Crippen LogP contribution in [0.5, 0.6) is 0 Å². The molecule has 1 N–H and O–H groups in total. The van der Waals surface area contributed by atoms with Crippen molar-refractivity contribution in [2.24, 2.45) is 7.05 Å². The molecule has 0 radical (unpaired) electrons. The van der Waals surface area contributed by atoms with Crippen molar-refractivity contribution in [3.05, 3.63) is 47.3 Å². The lowest BCUT2D eigenvalue weighted by molar-refractivity contribution is -0.137. The summed E-state index contributed by atoms with van der Waals surface area (Å²) in [6, 6.07) is 8.50. The third-order valence-corrected chi connectivity index (χ3v) is 8.01. The van der Waals surface area contributed by atoms with Gasteiger partial charge in [0.25, 0.3) is 0 Å². The van der Waals surface area contributed by atoms with E-state index in [1.54, 1.807) is 16.3 Å². The first-order valence-electron chi connectivity index (χ1n) is 13.5. The van der Waals surface area contributed by atoms with Crippen LogP contribution in [-0.2, 0) is 23.0 Å². The third-order valence-electron chi connectivity index (χ3n) is 6.65. The number of thioether (sulfide) groups is 1. The molecule has 0 aliphatic carbocycles. The largest absolute Gasteiger partial charge is 0.481 e. The molecule has 200 valence electrons. The molecule has 0 aliphatic rings. The van der Waals surface area contributed by atoms with Gasteiger partial charge in [-0.25, -0.2) is 9.78 Å². The Bertz CT molecular complexity index is 928. The zero-order valence-electron chi connectivity index (χ0n) is 22.3. The van der Waals surface area contributed by atoms with Gasteiger partial charge in [0.1, 0.15) is 5.69 Å². The average molecular weight is 517 g/mol. The van der Waals surface area contributed by atoms with Gasteiger partial charge in [-0.05, 0) is 36.8 Å². The van der Waals surface area contributed by atoms with Crippen LogP contribution in [0.3, 0.4) is 0 Å². The quantitative estimate of drug-likeness (QED) is 0.117. The molecule has 6 nitrogen and oxygen atoms in total. The Labute approximate surface area is 221 Å². The molecule has 0 saturated heterocycles. The van der Waals surface area contributed by atoms with E-state index in [1.807, 2.05) is 7.05 Å². The van der Waals surface area contributed by atoms with Crippen molar-refractivity contribution in [3.63, 3.8) is 0 Å². The normalized spacial score (nSPS) is 12.0. The second-order valence-corrected chi connectivity index (χ2v) is 10.7. The van der Waals surface area contributed by atoms with Crippen LogP contribution in [0, 0.1) is 0 Å². The summed E-state index contributed by atoms with van der Waals surface area (Å²) in [4.78, 5) is 27.6. The topological polar surface area (TPSA) is 81.4 Å². The Morgan fingerprint density at radius 2 is 1.64 bits per heavy atom. The number of imidazole rings is 1. The number of aryl methyl sites for hydroxylation is 1. The molecule has 1 aromatic carbocycles. The van der Waals surface area contributed by atoms with Crippen molar-refractivity contribution in [2.75, 3.05) is 7.11 Å². The molecule has 1 unspecified atom stereocenters. The maximum absolute atomic E-state index is 12.0. The minimum absolute atomic E-state index is 0.0651. The van der Waals surface area contributed by atoms with E-state index in [0.717, 1.165) is 24.4 Å². The Morgan fingerprint density at radius 1 is 1.00 bits per heavy atom. The number of aliphatic carboxylic acids is 1. The number of rotatable bonds is 19. The van der Waals surface area contributed by atoms with Gasteiger partial charge in [-0.15, -0.1) is 0 Å². The van der Waals surface area contributed by atoms with Crippen molar-refractivity contribution in [3.8, 4) is 0 Å². The number of carboxylic acid groups (broad SMARTS) is 1. The molecule has 1 aromatic heterocycles. The summed E-state index contributed by atoms with van der Waals surface area (Å²) in [7, 11) is 3.17. The first kappa shape index (κ1) is 29.9. The third kappa shape index (κ3) is 10.4. The lowest BCUT2D eigenvalue weighted by atomic mass is 9.96. The molecule has 2 aromatic rings. The highest BCUT2D eigenvalue weighted by molar-refractivity contribution is 7.99. The number of benzene rings is 1. The van der Waals surface area contributed by atoms with Crippen molar-refractivity contribution in [1.29, 1.82) is 0 Å². The van der Waals surface area contributed by atoms with Gasteiger partial charge >= 0.3 is 11.9 Å². The number of hydrogen-bond acceptors (Lipinski definition) is 5. The van der Waals surface area contributed by atoms with Gasteiger partial charge in [0, 0.05) is 18.7 Å². The fourth-order valence-corrected chi connectivity index (χ4v) is 5.78. The number of unbranched alkanes of at least 4 members (excludes halogenated alkanes) is 9. The molecule has 7 heteroatoms. The summed E-state index contributed by atoms with van der Waals surface area (Å²) in [6.45, 7) is 2.26. The predicted octanol–water partition coefficient (Wildman–Crippen LogP) is 7.76. The number of methoxy groups -OCH3 is 1. The molecule has 0 bridgehead atoms. The maximum atomic E-state index is 12.0. The monoisotopic (exact) mass is 516 g/mol. The number of aromatic nitrogens is 2. The van der Waals surface area contributed by atoms with E-state index in [-0.39, 0.29) is 11.7 Å². The zero-order valence-corrected chi connectivity index (χ0v) is 23.2. The summed E-state index contributed by atoms with van der Waals surface area (Å²) >= 11 is 1.59. The highest BCUT2D eigenvalue weighted by Gasteiger charge is 2.22. The van der Waals surface area contributed by atoms with Crippen LogP contribution in [0.1, 0.15) is 117 Å². The molecule has 0 amide bonds. The first-order chi connectivity index (χ1) is 17.5. The van der Waals surface area contributed by atoms with E-state index < -0.39 is 11.9 Å². The molecule has 0 spiro atoms. The van der Waals surface area contributed by atoms with Crippen molar-refractivity contribution < 1.29 is 19.4 Å². The van der Waals surface area contributed by atoms with E-state index in [0.29, 0.717) is 12.1 Å². The minimum Gasteiger partial charge on any atom is -0.481 e. The van der Waals surface area contributed by atoms with Crippen molar-refractivity contribution >= 4 is 23.7 Å². The number of hydrogen-bond donors (Lipinski definition) is 1. The summed E-state index contributed by atoms with van der Waals surface area (Å²) in [6.07, 6.45) is 17.2. The van der Waals surface area contributed by atoms with Crippen LogP contribution in [0.4, 0.5) is 0 Å². The maximum Gasteiger partial charge on any atom is 0.356 e. The summed E-state index contributed by atoms with van der Waals surface area (Å²) in [5.74, 6) is -1.19. The number of carbonyl (C=O) groups is 2. The van der Waals surface area contributed by atoms with Gasteiger partial charge in [-0.2, -0.15) is 0 Å². The van der Waals surface area contributed by atoms with Crippen molar-refractivity contribution in [2.45, 2.75) is 107 Å². The number of ether oxygens (including phenoxy) is 1. The fraction of sp³-hybridized carbons (Fsp3) is 0.621. The second-order valence-electron chi connectivity index (χ2n) is 9.50. The molecule has 2 rings (SSSR count). The average Bonchev–Trinajstić information content (AvgIpc) is 3.24. The molecule has 1 atom stereocenters. The summed E-state index contributed by atoms with van der Waals surface area (Å²) in [5.41, 5.74) is 2.97. The van der Waals surface area contributed by atoms with Gasteiger partial charge in [-0.1, -0.05) is 101 Å². The van der Waals surface area contributed by atoms with Crippen LogP contribution >= 0.6 is 11.8 Å². The van der Waals surface area contributed by atoms with E-state index >= 15 is 0 Å². The Hall–Kier alpha value is -2.28. The molecule has 0 saturated carbocycles. The smallest absolute Gasteiger partial charge is 0.356 e. The molecular weight excluding hydrogens is 472 g/mol. The van der Waals surface area contributed by atoms with E-state index in [4.69, 9.17) is 9.84 Å². The number of carboxylic acids is 1. The second kappa shape index (κ2) is 17.2. The van der Waals surface area contributed by atoms with Crippen LogP contribution < -0.4 is 0 Å². The van der Waals surface area contributed by atoms with Gasteiger partial charge < -0.3 is 14.4 Å². The van der Waals surface area contributed by atoms with E-state index in [1.165, 1.54) is 82.2 Å². The zero-order chi connectivity index (χ0) is 26.2. The lowest BCUT2D eigenvalue weighted by Crippen LogP contribution is -2.09. The Kier molecular flexibility index (Phi) is 14.3. The standard InChI is InChI=1S/C29H44N2O4S/c1-4-5-6-7-8-9-10-11-12-13-17-23-18-14-15-19-24(23)26(20-16-21-27(32)33)36-29-30-22-25(31(29)2)28(34)35-3/h14-15,18-19,22,26H,4-13,16-17,20-21H2,1-3H3,(H,32,33). The molecule has 0 aliphatic heterocycles. The highest BCUT2D eigenvalue weighted by Crippen LogP contribution is 2.40. The van der Waals surface area contributed by atoms with Crippen LogP contribution in [0.2, 0.25) is 0 Å². The van der Waals surface area contributed by atoms with Crippen LogP contribution in [-0.4, -0.2) is 33.7 Å². The Balaban J connectivity index is 1.99. The van der Waals surface area contributed by atoms with Crippen molar-refractivity contribution in [1.82, 2.24) is 9.55 Å². The molecular formula is C29H44N2O4S. The first-order valence-corrected chi connectivity index (χ1v) is 14.4. The molecule has 0 fully saturated rings. The van der Waals surface area contributed by atoms with Gasteiger partial charge in [0.15, 0.2) is 5.16 Å². The minimum atomic E-state index is -0.776. The summed E-state index contributed by atoms with van der Waals surface area (Å²) < 4.78 is 6.61. The Morgan fingerprint density at radius 3 is 2.28 bits per heavy atom. The van der Waals surface area contributed by atoms with Gasteiger partial charge in [0.05, 0.1) is 13.3 Å². The van der Waals surface area contributed by atoms with E-state index in [9.17, 15) is 9.59 Å². The molecule has 36 heavy (non-hydrogen) atoms. The summed E-state index contributed by atoms with van der Waals surface area (Å²) in [5, 5.41) is 9.95. The number of carbonyl (C=O) groups excluding carboxylic acids is 1. The predicted molar refractivity (Wildman–Crippen MR) is 147 cm³/mol. The lowest BCUT2D eigenvalue weighted by Gasteiger charge is -2.20. The van der Waals surface area contributed by atoms with Crippen LogP contribution in [0.25, 0.3) is 0 Å². The van der Waals surface area contributed by atoms with Crippen LogP contribution in [0.15, 0.2) is 35.6 Å². The number of nitrogens with zero attached hydrogens (tertiary/aromatic N) is 2. The highest BCUT2D eigenvalue weighted by atomic mass is 32.2. The van der Waals surface area contributed by atoms with Gasteiger partial charge in [-0.3, -0.25) is 4.79 Å².